The van der Waals surface area contributed by atoms with Crippen molar-refractivity contribution in [2.75, 3.05) is 0 Å². The molecule has 0 aromatic heterocycles. The van der Waals surface area contributed by atoms with Crippen LogP contribution < -0.4 is 0 Å². The van der Waals surface area contributed by atoms with E-state index in [1.165, 1.54) is 27.7 Å². The Morgan fingerprint density at radius 2 is 0.949 bits per heavy atom. The SMILES string of the molecule is CCC(C)(C(=O)OC(C)(C)C)C(F)(F)F.CCC(C)(C(=O)OC(C)CC(O)(C(F)(F)F)C(F)(F)F)C(F)(F)F. The summed E-state index contributed by atoms with van der Waals surface area (Å²) in [5.41, 5.74) is -11.6. The summed E-state index contributed by atoms with van der Waals surface area (Å²) < 4.78 is 160. The van der Waals surface area contributed by atoms with Gasteiger partial charge in [0.1, 0.15) is 11.7 Å². The molecule has 0 saturated heterocycles. The molecule has 39 heavy (non-hydrogen) atoms. The summed E-state index contributed by atoms with van der Waals surface area (Å²) in [5.74, 6) is -3.25. The summed E-state index contributed by atoms with van der Waals surface area (Å²) in [4.78, 5) is 23.0. The second kappa shape index (κ2) is 12.3. The quantitative estimate of drug-likeness (QED) is 0.242. The Morgan fingerprint density at radius 1 is 0.641 bits per heavy atom. The molecule has 0 aliphatic heterocycles. The Balaban J connectivity index is 0. The highest BCUT2D eigenvalue weighted by Gasteiger charge is 2.71. The summed E-state index contributed by atoms with van der Waals surface area (Å²) in [6.07, 6.45) is -27.7. The fraction of sp³-hybridized carbons (Fsp3) is 0.909. The van der Waals surface area contributed by atoms with Gasteiger partial charge in [-0.2, -0.15) is 52.7 Å². The van der Waals surface area contributed by atoms with Crippen LogP contribution in [0.15, 0.2) is 0 Å². The van der Waals surface area contributed by atoms with Crippen LogP contribution in [0.5, 0.6) is 0 Å². The van der Waals surface area contributed by atoms with Crippen LogP contribution in [0.3, 0.4) is 0 Å². The minimum atomic E-state index is -6.16. The van der Waals surface area contributed by atoms with Gasteiger partial charge in [0.05, 0.1) is 0 Å². The van der Waals surface area contributed by atoms with Crippen LogP contribution in [0.2, 0.25) is 0 Å². The van der Waals surface area contributed by atoms with Crippen molar-refractivity contribution in [1.82, 2.24) is 0 Å². The lowest BCUT2D eigenvalue weighted by Gasteiger charge is -2.35. The van der Waals surface area contributed by atoms with E-state index in [1.54, 1.807) is 0 Å². The van der Waals surface area contributed by atoms with Crippen LogP contribution in [0.4, 0.5) is 52.7 Å². The molecule has 0 spiro atoms. The van der Waals surface area contributed by atoms with Crippen molar-refractivity contribution in [2.24, 2.45) is 10.8 Å². The van der Waals surface area contributed by atoms with Crippen LogP contribution in [-0.4, -0.2) is 59.1 Å². The van der Waals surface area contributed by atoms with Gasteiger partial charge >= 0.3 is 36.6 Å². The number of ether oxygens (including phenoxy) is 2. The monoisotopic (exact) mass is 604 g/mol. The second-order valence-corrected chi connectivity index (χ2v) is 10.1. The second-order valence-electron chi connectivity index (χ2n) is 10.1. The van der Waals surface area contributed by atoms with Gasteiger partial charge in [-0.15, -0.1) is 0 Å². The van der Waals surface area contributed by atoms with E-state index >= 15 is 0 Å². The third kappa shape index (κ3) is 9.59. The Hall–Kier alpha value is -1.94. The number of carbonyl (C=O) groups excluding carboxylic acids is 2. The van der Waals surface area contributed by atoms with Crippen LogP contribution in [0, 0.1) is 10.8 Å². The summed E-state index contributed by atoms with van der Waals surface area (Å²) in [7, 11) is 0. The molecule has 3 unspecified atom stereocenters. The highest BCUT2D eigenvalue weighted by atomic mass is 19.4. The van der Waals surface area contributed by atoms with Crippen LogP contribution >= 0.6 is 0 Å². The van der Waals surface area contributed by atoms with E-state index in [9.17, 15) is 62.3 Å². The smallest absolute Gasteiger partial charge is 0.426 e. The Morgan fingerprint density at radius 3 is 1.18 bits per heavy atom. The zero-order chi connectivity index (χ0) is 32.3. The maximum absolute atomic E-state index is 12.8. The van der Waals surface area contributed by atoms with Gasteiger partial charge in [-0.05, 0) is 54.4 Å². The predicted octanol–water partition coefficient (Wildman–Crippen LogP) is 7.45. The van der Waals surface area contributed by atoms with Crippen molar-refractivity contribution in [1.29, 1.82) is 0 Å². The van der Waals surface area contributed by atoms with Crippen LogP contribution in [0.1, 0.15) is 74.7 Å². The van der Waals surface area contributed by atoms with Gasteiger partial charge < -0.3 is 14.6 Å². The molecular formula is C22H32F12O5. The van der Waals surface area contributed by atoms with Crippen LogP contribution in [-0.2, 0) is 19.1 Å². The maximum Gasteiger partial charge on any atom is 0.426 e. The molecule has 0 fully saturated rings. The first-order valence-corrected chi connectivity index (χ1v) is 11.2. The third-order valence-corrected chi connectivity index (χ3v) is 5.79. The highest BCUT2D eigenvalue weighted by Crippen LogP contribution is 2.47. The molecule has 5 nitrogen and oxygen atoms in total. The number of rotatable bonds is 7. The molecule has 1 N–H and O–H groups in total. The summed E-state index contributed by atoms with van der Waals surface area (Å²) >= 11 is 0. The van der Waals surface area contributed by atoms with Crippen molar-refractivity contribution in [2.45, 2.75) is 117 Å². The Bertz CT molecular complexity index is 810. The standard InChI is InChI=1S/C12H15F9O3.C10H17F3O2/c1-4-8(3,10(13,14)15)7(22)24-6(2)5-9(23,11(16,17)18)12(19,20)21;1-6-9(5,10(11,12)13)7(14)15-8(2,3)4/h6,23H,4-5H2,1-3H3;6H2,1-5H3. The molecule has 0 aliphatic rings. The van der Waals surface area contributed by atoms with E-state index in [0.717, 1.165) is 13.8 Å². The van der Waals surface area contributed by atoms with E-state index < -0.39 is 77.6 Å². The maximum atomic E-state index is 12.8. The molecular weight excluding hydrogens is 572 g/mol. The van der Waals surface area contributed by atoms with Crippen molar-refractivity contribution in [3.05, 3.63) is 0 Å². The van der Waals surface area contributed by atoms with Crippen molar-refractivity contribution in [3.63, 3.8) is 0 Å². The van der Waals surface area contributed by atoms with Gasteiger partial charge in [-0.3, -0.25) is 9.59 Å². The number of carbonyl (C=O) groups is 2. The lowest BCUT2D eigenvalue weighted by molar-refractivity contribution is -0.374. The first-order chi connectivity index (χ1) is 16.8. The summed E-state index contributed by atoms with van der Waals surface area (Å²) in [6, 6.07) is 0. The average Bonchev–Trinajstić information content (AvgIpc) is 2.67. The zero-order valence-electron chi connectivity index (χ0n) is 22.3. The normalized spacial score (nSPS) is 17.7. The van der Waals surface area contributed by atoms with E-state index in [2.05, 4.69) is 4.74 Å². The molecule has 0 rings (SSSR count). The summed E-state index contributed by atoms with van der Waals surface area (Å²) in [5, 5.41) is 8.92. The largest absolute Gasteiger partial charge is 0.462 e. The molecule has 0 radical (unpaired) electrons. The minimum Gasteiger partial charge on any atom is -0.462 e. The lowest BCUT2D eigenvalue weighted by atomic mass is 9.86. The van der Waals surface area contributed by atoms with E-state index in [-0.39, 0.29) is 6.42 Å². The summed E-state index contributed by atoms with van der Waals surface area (Å²) in [6.45, 7) is 8.67. The van der Waals surface area contributed by atoms with Crippen molar-refractivity contribution < 1.29 is 76.9 Å². The van der Waals surface area contributed by atoms with Gasteiger partial charge in [-0.1, -0.05) is 13.8 Å². The minimum absolute atomic E-state index is 0.328. The van der Waals surface area contributed by atoms with Crippen LogP contribution in [0.25, 0.3) is 0 Å². The fourth-order valence-corrected chi connectivity index (χ4v) is 2.47. The lowest BCUT2D eigenvalue weighted by Crippen LogP contribution is -2.58. The molecule has 0 saturated carbocycles. The van der Waals surface area contributed by atoms with Crippen molar-refractivity contribution >= 4 is 11.9 Å². The predicted molar refractivity (Wildman–Crippen MR) is 112 cm³/mol. The Labute approximate surface area is 217 Å². The van der Waals surface area contributed by atoms with Gasteiger partial charge in [0.15, 0.2) is 10.8 Å². The molecule has 0 aromatic rings. The molecule has 17 heteroatoms. The van der Waals surface area contributed by atoms with E-state index in [1.807, 2.05) is 0 Å². The van der Waals surface area contributed by atoms with Crippen molar-refractivity contribution in [3.8, 4) is 0 Å². The Kier molecular flexibility index (Phi) is 12.4. The van der Waals surface area contributed by atoms with Gasteiger partial charge in [0.2, 0.25) is 0 Å². The number of alkyl halides is 12. The van der Waals surface area contributed by atoms with Gasteiger partial charge in [-0.25, -0.2) is 0 Å². The molecule has 0 aromatic carbocycles. The number of hydrogen-bond acceptors (Lipinski definition) is 5. The molecule has 0 aliphatic carbocycles. The van der Waals surface area contributed by atoms with Gasteiger partial charge in [0.25, 0.3) is 5.60 Å². The number of hydrogen-bond donors (Lipinski definition) is 1. The number of aliphatic hydroxyl groups is 1. The highest BCUT2D eigenvalue weighted by molar-refractivity contribution is 5.78. The zero-order valence-corrected chi connectivity index (χ0v) is 22.3. The fourth-order valence-electron chi connectivity index (χ4n) is 2.47. The third-order valence-electron chi connectivity index (χ3n) is 5.79. The van der Waals surface area contributed by atoms with E-state index in [0.29, 0.717) is 13.8 Å². The average molecular weight is 604 g/mol. The molecule has 234 valence electrons. The first kappa shape index (κ1) is 39.2. The molecule has 0 amide bonds. The first-order valence-electron chi connectivity index (χ1n) is 11.2. The van der Waals surface area contributed by atoms with Gasteiger partial charge in [0, 0.05) is 6.42 Å². The van der Waals surface area contributed by atoms with E-state index in [4.69, 9.17) is 9.84 Å². The molecule has 0 heterocycles. The molecule has 0 bridgehead atoms. The topological polar surface area (TPSA) is 72.8 Å². The molecule has 3 atom stereocenters. The number of esters is 2. The number of halogens is 12.